The number of carbonyl (C=O) groups excluding carboxylic acids is 7. The third kappa shape index (κ3) is 27.8. The van der Waals surface area contributed by atoms with Crippen LogP contribution in [0.15, 0.2) is 146 Å². The number of benzene rings is 4. The zero-order valence-corrected chi connectivity index (χ0v) is 66.3. The summed E-state index contributed by atoms with van der Waals surface area (Å²) in [6, 6.07) is 30.2. The van der Waals surface area contributed by atoms with E-state index in [9.17, 15) is 59.5 Å². The Morgan fingerprint density at radius 3 is 0.845 bits per heavy atom. The molecule has 38 heteroatoms. The van der Waals surface area contributed by atoms with Crippen LogP contribution in [0.1, 0.15) is 51.0 Å². The van der Waals surface area contributed by atoms with Crippen LogP contribution in [0, 0.1) is 51.0 Å². The van der Waals surface area contributed by atoms with Gasteiger partial charge in [0.15, 0.2) is 11.6 Å². The average Bonchev–Trinajstić information content (AvgIpc) is 1.05. The zero-order valence-electron chi connectivity index (χ0n) is 69.5. The quantitative estimate of drug-likeness (QED) is 0.0292. The Bertz CT molecular complexity index is 4680. The Kier molecular flexibility index (Phi) is 31.3. The molecule has 0 spiro atoms. The van der Waals surface area contributed by atoms with Crippen molar-refractivity contribution in [2.75, 3.05) is 168 Å². The maximum atomic E-state index is 14.2. The molecule has 8 N–H and O–H groups in total. The van der Waals surface area contributed by atoms with Gasteiger partial charge < -0.3 is 62.0 Å². The van der Waals surface area contributed by atoms with E-state index in [4.69, 9.17) is 26.4 Å². The maximum absolute atomic E-state index is 14.2. The van der Waals surface area contributed by atoms with Crippen LogP contribution in [0.4, 0.5) is 96.6 Å². The lowest BCUT2D eigenvalue weighted by Gasteiger charge is -2.35. The third-order valence-electron chi connectivity index (χ3n) is 18.7. The number of pyridine rings is 4. The van der Waals surface area contributed by atoms with E-state index in [-0.39, 0.29) is 28.8 Å². The van der Waals surface area contributed by atoms with E-state index < -0.39 is 69.2 Å². The van der Waals surface area contributed by atoms with Gasteiger partial charge in [0, 0.05) is 174 Å². The van der Waals surface area contributed by atoms with Crippen LogP contribution in [-0.4, -0.2) is 255 Å². The van der Waals surface area contributed by atoms with Crippen LogP contribution in [0.3, 0.4) is 0 Å². The van der Waals surface area contributed by atoms with Crippen LogP contribution in [0.5, 0.6) is 0 Å². The van der Waals surface area contributed by atoms with Gasteiger partial charge in [0.2, 0.25) is 15.7 Å². The summed E-state index contributed by atoms with van der Waals surface area (Å²) in [6.07, 6.45) is 5.81. The summed E-state index contributed by atoms with van der Waals surface area (Å²) in [6.45, 7) is 19.1. The zero-order chi connectivity index (χ0) is 87.6. The van der Waals surface area contributed by atoms with E-state index >= 15 is 0 Å². The molecule has 0 atom stereocenters. The van der Waals surface area contributed by atoms with Gasteiger partial charge in [-0.1, -0.05) is 24.3 Å². The number of methoxy groups -OCH3 is 1. The maximum Gasteiger partial charge on any atom is 0.409 e. The fourth-order valence-electron chi connectivity index (χ4n) is 12.2. The molecule has 614 valence electrons. The van der Waals surface area contributed by atoms with Gasteiger partial charge in [-0.15, -0.1) is 0 Å². The lowest BCUT2D eigenvalue weighted by atomic mass is 10.1. The van der Waals surface area contributed by atoms with E-state index in [1.54, 1.807) is 112 Å². The van der Waals surface area contributed by atoms with E-state index in [1.165, 1.54) is 78.9 Å². The first-order chi connectivity index (χ1) is 57.4. The molecule has 0 bridgehead atoms. The molecule has 4 fully saturated rings. The first-order valence-electron chi connectivity index (χ1n) is 39.1. The van der Waals surface area contributed by atoms with Gasteiger partial charge in [0.1, 0.15) is 23.3 Å². The average molecular weight is 1620 g/mol. The summed E-state index contributed by atoms with van der Waals surface area (Å²) >= 11 is 0. The number of hydrogen-bond acceptors (Lipinski definition) is 18. The number of halogens is 4. The van der Waals surface area contributed by atoms with Crippen molar-refractivity contribution in [3.8, 4) is 0 Å². The number of piperazine rings is 4. The summed E-state index contributed by atoms with van der Waals surface area (Å²) in [4.78, 5) is 112. The molecule has 4 aromatic carbocycles. The van der Waals surface area contributed by atoms with Crippen molar-refractivity contribution in [1.29, 1.82) is 0 Å². The first kappa shape index (κ1) is 85.2. The molecule has 12 rings (SSSR count). The molecule has 4 aliphatic rings. The van der Waals surface area contributed by atoms with E-state index in [1.807, 2.05) is 27.7 Å². The topological polar surface area (TPSA) is 340 Å². The van der Waals surface area contributed by atoms with E-state index in [0.717, 1.165) is 45.0 Å². The summed E-state index contributed by atoms with van der Waals surface area (Å²) in [7, 11) is 11.6. The Morgan fingerprint density at radius 1 is 0.388 bits per heavy atom. The molecular formula is C78H97B2F4N21O10S. The molecule has 8 heterocycles. The van der Waals surface area contributed by atoms with Gasteiger partial charge in [0.05, 0.1) is 77.4 Å². The van der Waals surface area contributed by atoms with Crippen molar-refractivity contribution >= 4 is 113 Å². The molecule has 4 radical (unpaired) electrons. The van der Waals surface area contributed by atoms with Crippen LogP contribution in [0.25, 0.3) is 0 Å². The summed E-state index contributed by atoms with van der Waals surface area (Å²) in [5.41, 5.74) is 9.19. The lowest BCUT2D eigenvalue weighted by molar-refractivity contribution is 0.0888. The molecular weight excluding hydrogens is 1520 g/mol. The Balaban J connectivity index is 0.000000217. The van der Waals surface area contributed by atoms with Crippen molar-refractivity contribution in [2.24, 2.45) is 0 Å². The van der Waals surface area contributed by atoms with E-state index in [0.29, 0.717) is 154 Å². The molecule has 31 nitrogen and oxygen atoms in total. The number of aromatic nitrogens is 4. The molecule has 0 unspecified atom stereocenters. The van der Waals surface area contributed by atoms with Crippen molar-refractivity contribution in [1.82, 2.24) is 62.8 Å². The molecule has 0 saturated carbocycles. The highest BCUT2D eigenvalue weighted by atomic mass is 32.2. The minimum atomic E-state index is -3.42. The highest BCUT2D eigenvalue weighted by Gasteiger charge is 2.30. The van der Waals surface area contributed by atoms with E-state index in [2.05, 4.69) is 82.1 Å². The first-order valence-corrected chi connectivity index (χ1v) is 38.5. The standard InChI is InChI=1S/C20H27FN6O3S.C20H24FN5O3.2C19H21BFN5O2.2H2/c1-15-4-6-17(13-22-15)23-20(28)24-19-12-16(5-7-18(19)21)14-26-8-10-27(11-9-26)31(29,30)25(2)3;1-14-3-5-16(12-22-14)23-19(27)24-18-11-15(4-6-17(18)21)13-25-7-9-26(10-8-25)20(28)29-2;2*1-13-2-4-15(11-22-13)23-19(28)24-17-10-14(3-5-16(17)21)12-25-6-8-26(9-7-25)18(20)27;;/h4-7,12-13H,8-11,14H2,1-3H3,(H2,23,24,28);3-6,11-12H,7-10,13H2,1-2H3,(H2,23,24,27);2*2-5,10-11H,6-9,12H2,1H3,(H2,23,24,28);2*1H/i;;;;2*1+1D. The molecule has 4 saturated heterocycles. The van der Waals surface area contributed by atoms with Crippen LogP contribution < -0.4 is 42.5 Å². The number of rotatable bonds is 18. The number of nitrogens with zero attached hydrogens (tertiary/aromatic N) is 13. The largest absolute Gasteiger partial charge is 0.453 e. The van der Waals surface area contributed by atoms with Crippen molar-refractivity contribution in [3.63, 3.8) is 0 Å². The summed E-state index contributed by atoms with van der Waals surface area (Å²) in [5, 5.41) is 20.6. The normalized spacial score (nSPS) is 15.0. The molecule has 8 aromatic rings. The van der Waals surface area contributed by atoms with Gasteiger partial charge in [0.25, 0.3) is 10.2 Å². The number of ether oxygens (including phenoxy) is 1. The number of nitrogens with one attached hydrogen (secondary N) is 8. The van der Waals surface area contributed by atoms with Gasteiger partial charge in [-0.05, 0) is 147 Å². The van der Waals surface area contributed by atoms with Crippen molar-refractivity contribution in [3.05, 3.63) is 214 Å². The number of amides is 11. The number of urea groups is 4. The van der Waals surface area contributed by atoms with Gasteiger partial charge in [-0.2, -0.15) is 17.0 Å². The molecule has 0 aliphatic carbocycles. The summed E-state index contributed by atoms with van der Waals surface area (Å²) < 4.78 is 108. The molecule has 11 amide bonds. The molecule has 116 heavy (non-hydrogen) atoms. The minimum Gasteiger partial charge on any atom is -0.453 e. The SMILES string of the molecule is COC(=O)N1CCN(Cc2ccc(F)c(NC(=O)Nc3ccc(C)nc3)c2)CC1.Cc1ccc(NC(=O)Nc2cc(CN3CCN(S(=O)(=O)N(C)C)CC3)ccc2F)cn1.[2H][2H].[2H][2H].[B]C(=O)N1CCN(Cc2ccc(F)c(NC(=O)Nc3ccc(C)nc3)c2)CC1.[B]C(=O)N1CCN(Cc2ccc(F)c(NC(=O)Nc3ccc(C)nc3)c2)CC1. The smallest absolute Gasteiger partial charge is 0.409 e. The highest BCUT2D eigenvalue weighted by molar-refractivity contribution is 7.86. The van der Waals surface area contributed by atoms with Crippen molar-refractivity contribution < 1.29 is 70.2 Å². The van der Waals surface area contributed by atoms with Gasteiger partial charge >= 0.3 is 30.2 Å². The predicted molar refractivity (Wildman–Crippen MR) is 441 cm³/mol. The van der Waals surface area contributed by atoms with Crippen LogP contribution >= 0.6 is 0 Å². The number of hydrogen-bond donors (Lipinski definition) is 8. The van der Waals surface area contributed by atoms with Gasteiger partial charge in [-0.3, -0.25) is 49.1 Å². The highest BCUT2D eigenvalue weighted by Crippen LogP contribution is 2.25. The fraction of sp³-hybridized carbons (Fsp3) is 0.346. The third-order valence-corrected chi connectivity index (χ3v) is 20.7. The Labute approximate surface area is 680 Å². The Hall–Kier alpha value is -11.7. The molecule has 4 aromatic heterocycles. The minimum absolute atomic E-state index is 0.0730. The lowest BCUT2D eigenvalue weighted by Crippen LogP contribution is -2.51. The second-order valence-corrected chi connectivity index (χ2v) is 29.9. The number of aryl methyl sites for hydroxylation is 4. The number of carbonyl (C=O) groups is 7. The van der Waals surface area contributed by atoms with Crippen molar-refractivity contribution in [2.45, 2.75) is 53.9 Å². The monoisotopic (exact) mass is 1620 g/mol. The van der Waals surface area contributed by atoms with Crippen LogP contribution in [-0.2, 0) is 41.1 Å². The van der Waals surface area contributed by atoms with Crippen LogP contribution in [0.2, 0.25) is 0 Å². The summed E-state index contributed by atoms with van der Waals surface area (Å²) in [5.74, 6) is -2.91. The number of anilines is 8. The molecule has 4 aliphatic heterocycles. The predicted octanol–water partition coefficient (Wildman–Crippen LogP) is 10.8. The fourth-order valence-corrected chi connectivity index (χ4v) is 13.3. The second kappa shape index (κ2) is 42.6. The van der Waals surface area contributed by atoms with Gasteiger partial charge in [-0.25, -0.2) is 41.5 Å². The second-order valence-electron chi connectivity index (χ2n) is 27.7. The Morgan fingerprint density at radius 2 is 0.629 bits per heavy atom.